The molecule has 0 aromatic carbocycles. The van der Waals surface area contributed by atoms with Gasteiger partial charge < -0.3 is 25.6 Å². The Bertz CT molecular complexity index is 691. The molecule has 0 radical (unpaired) electrons. The second-order valence-corrected chi connectivity index (χ2v) is 9.31. The standard InChI is InChI=1S/C23H42ClN5O6/c1-5-14-29(21(33)18(11-9-13-24)27-22(34)23(2,3)25-4)15-20(32)26-17(16-30)10-7-6-8-12-19(31)28-35/h16-18,25,35H,5-15H2,1-4H3,(H,26,32)(H,27,34)(H,28,31). The predicted molar refractivity (Wildman–Crippen MR) is 133 cm³/mol. The van der Waals surface area contributed by atoms with Gasteiger partial charge in [0.1, 0.15) is 12.3 Å². The van der Waals surface area contributed by atoms with Crippen LogP contribution >= 0.6 is 11.6 Å². The second-order valence-electron chi connectivity index (χ2n) is 8.94. The van der Waals surface area contributed by atoms with Crippen LogP contribution in [0.5, 0.6) is 0 Å². The lowest BCUT2D eigenvalue weighted by molar-refractivity contribution is -0.140. The summed E-state index contributed by atoms with van der Waals surface area (Å²) in [6, 6.07) is -1.54. The average molecular weight is 520 g/mol. The molecule has 0 heterocycles. The highest BCUT2D eigenvalue weighted by atomic mass is 35.5. The summed E-state index contributed by atoms with van der Waals surface area (Å²) >= 11 is 5.81. The van der Waals surface area contributed by atoms with Gasteiger partial charge in [0, 0.05) is 18.8 Å². The molecule has 0 rings (SSSR count). The molecule has 0 aliphatic rings. The lowest BCUT2D eigenvalue weighted by Crippen LogP contribution is -2.58. The molecule has 35 heavy (non-hydrogen) atoms. The zero-order valence-corrected chi connectivity index (χ0v) is 22.1. The van der Waals surface area contributed by atoms with Crippen molar-refractivity contribution in [3.63, 3.8) is 0 Å². The number of rotatable bonds is 19. The maximum atomic E-state index is 13.3. The minimum absolute atomic E-state index is 0.176. The number of aldehydes is 1. The first-order chi connectivity index (χ1) is 16.6. The highest BCUT2D eigenvalue weighted by molar-refractivity contribution is 6.17. The summed E-state index contributed by atoms with van der Waals surface area (Å²) in [6.07, 6.45) is 4.47. The SMILES string of the molecule is CCCN(CC(=O)NC(C=O)CCCCCC(=O)NO)C(=O)C(CCCCl)NC(=O)C(C)(C)NC. The van der Waals surface area contributed by atoms with Crippen LogP contribution in [-0.4, -0.2) is 83.7 Å². The highest BCUT2D eigenvalue weighted by Gasteiger charge is 2.32. The molecule has 0 saturated carbocycles. The number of carbonyl (C=O) groups is 5. The summed E-state index contributed by atoms with van der Waals surface area (Å²) in [5.41, 5.74) is 0.678. The Morgan fingerprint density at radius 1 is 1.03 bits per heavy atom. The Morgan fingerprint density at radius 2 is 1.71 bits per heavy atom. The van der Waals surface area contributed by atoms with E-state index in [0.717, 1.165) is 0 Å². The number of hydrogen-bond acceptors (Lipinski definition) is 7. The zero-order valence-electron chi connectivity index (χ0n) is 21.3. The van der Waals surface area contributed by atoms with Crippen LogP contribution < -0.4 is 21.4 Å². The molecule has 0 fully saturated rings. The minimum atomic E-state index is -0.883. The maximum absolute atomic E-state index is 13.3. The number of unbranched alkanes of at least 4 members (excludes halogenated alkanes) is 2. The van der Waals surface area contributed by atoms with Crippen molar-refractivity contribution in [3.05, 3.63) is 0 Å². The third-order valence-corrected chi connectivity index (χ3v) is 5.88. The van der Waals surface area contributed by atoms with Gasteiger partial charge in [-0.05, 0) is 53.0 Å². The number of hydrogen-bond donors (Lipinski definition) is 5. The van der Waals surface area contributed by atoms with E-state index >= 15 is 0 Å². The van der Waals surface area contributed by atoms with Gasteiger partial charge in [0.2, 0.25) is 23.6 Å². The lowest BCUT2D eigenvalue weighted by Gasteiger charge is -2.30. The Kier molecular flexibility index (Phi) is 16.9. The summed E-state index contributed by atoms with van der Waals surface area (Å²) in [6.45, 7) is 5.34. The van der Waals surface area contributed by atoms with E-state index in [1.165, 1.54) is 4.90 Å². The van der Waals surface area contributed by atoms with Crippen molar-refractivity contribution in [1.29, 1.82) is 0 Å². The fourth-order valence-electron chi connectivity index (χ4n) is 3.23. The molecule has 2 atom stereocenters. The Morgan fingerprint density at radius 3 is 2.26 bits per heavy atom. The van der Waals surface area contributed by atoms with E-state index in [1.807, 2.05) is 6.92 Å². The summed E-state index contributed by atoms with van der Waals surface area (Å²) in [5, 5.41) is 16.8. The van der Waals surface area contributed by atoms with Gasteiger partial charge in [-0.15, -0.1) is 11.6 Å². The number of alkyl halides is 1. The van der Waals surface area contributed by atoms with Gasteiger partial charge in [-0.1, -0.05) is 19.8 Å². The molecule has 202 valence electrons. The largest absolute Gasteiger partial charge is 0.345 e. The summed E-state index contributed by atoms with van der Waals surface area (Å²) < 4.78 is 0. The Balaban J connectivity index is 5.06. The van der Waals surface area contributed by atoms with Crippen molar-refractivity contribution in [2.75, 3.05) is 26.0 Å². The monoisotopic (exact) mass is 519 g/mol. The van der Waals surface area contributed by atoms with E-state index in [2.05, 4.69) is 16.0 Å². The maximum Gasteiger partial charge on any atom is 0.245 e. The van der Waals surface area contributed by atoms with Crippen molar-refractivity contribution in [2.24, 2.45) is 0 Å². The molecule has 12 heteroatoms. The third kappa shape index (κ3) is 13.4. The number of carbonyl (C=O) groups excluding carboxylic acids is 5. The van der Waals surface area contributed by atoms with Crippen molar-refractivity contribution < 1.29 is 29.2 Å². The Hall–Kier alpha value is -2.24. The Labute approximate surface area is 213 Å². The smallest absolute Gasteiger partial charge is 0.245 e. The average Bonchev–Trinajstić information content (AvgIpc) is 2.84. The van der Waals surface area contributed by atoms with E-state index < -0.39 is 29.4 Å². The number of nitrogens with zero attached hydrogens (tertiary/aromatic N) is 1. The number of halogens is 1. The van der Waals surface area contributed by atoms with Crippen molar-refractivity contribution >= 4 is 41.5 Å². The summed E-state index contributed by atoms with van der Waals surface area (Å²) in [7, 11) is 1.65. The molecule has 0 aromatic heterocycles. The molecule has 2 unspecified atom stereocenters. The van der Waals surface area contributed by atoms with Crippen LogP contribution in [0.4, 0.5) is 0 Å². The minimum Gasteiger partial charge on any atom is -0.345 e. The second kappa shape index (κ2) is 18.1. The molecule has 0 aliphatic carbocycles. The summed E-state index contributed by atoms with van der Waals surface area (Å²) in [4.78, 5) is 62.3. The molecule has 0 saturated heterocycles. The van der Waals surface area contributed by atoms with E-state index in [4.69, 9.17) is 16.8 Å². The molecule has 0 bridgehead atoms. The first kappa shape index (κ1) is 32.8. The zero-order chi connectivity index (χ0) is 26.9. The predicted octanol–water partition coefficient (Wildman–Crippen LogP) is 0.866. The van der Waals surface area contributed by atoms with Crippen LogP contribution in [0.15, 0.2) is 0 Å². The molecule has 0 aromatic rings. The molecule has 11 nitrogen and oxygen atoms in total. The molecular formula is C23H42ClN5O6. The molecule has 0 spiro atoms. The van der Waals surface area contributed by atoms with Crippen LogP contribution in [0.3, 0.4) is 0 Å². The quantitative estimate of drug-likeness (QED) is 0.0557. The van der Waals surface area contributed by atoms with E-state index in [-0.39, 0.29) is 24.8 Å². The number of amides is 4. The van der Waals surface area contributed by atoms with Gasteiger partial charge >= 0.3 is 0 Å². The molecule has 0 aliphatic heterocycles. The van der Waals surface area contributed by atoms with Crippen LogP contribution in [0.1, 0.15) is 72.1 Å². The molecule has 4 amide bonds. The number of hydroxylamine groups is 1. The first-order valence-electron chi connectivity index (χ1n) is 12.1. The van der Waals surface area contributed by atoms with Crippen LogP contribution in [0.25, 0.3) is 0 Å². The first-order valence-corrected chi connectivity index (χ1v) is 12.6. The fraction of sp³-hybridized carbons (Fsp3) is 0.783. The normalized spacial score (nSPS) is 12.9. The fourth-order valence-corrected chi connectivity index (χ4v) is 3.39. The van der Waals surface area contributed by atoms with Gasteiger partial charge in [-0.2, -0.15) is 0 Å². The third-order valence-electron chi connectivity index (χ3n) is 5.62. The van der Waals surface area contributed by atoms with Gasteiger partial charge in [-0.25, -0.2) is 5.48 Å². The lowest BCUT2D eigenvalue weighted by atomic mass is 10.0. The molecular weight excluding hydrogens is 478 g/mol. The van der Waals surface area contributed by atoms with E-state index in [1.54, 1.807) is 26.4 Å². The topological polar surface area (TPSA) is 157 Å². The number of nitrogens with one attached hydrogen (secondary N) is 4. The van der Waals surface area contributed by atoms with Crippen molar-refractivity contribution in [3.8, 4) is 0 Å². The van der Waals surface area contributed by atoms with Crippen molar-refractivity contribution in [1.82, 2.24) is 26.3 Å². The van der Waals surface area contributed by atoms with Gasteiger partial charge in [-0.3, -0.25) is 24.4 Å². The summed E-state index contributed by atoms with van der Waals surface area (Å²) in [5.74, 6) is -1.33. The number of likely N-dealkylation sites (N-methyl/N-ethyl adjacent to an activating group) is 1. The van der Waals surface area contributed by atoms with E-state index in [0.29, 0.717) is 63.7 Å². The van der Waals surface area contributed by atoms with Gasteiger partial charge in [0.05, 0.1) is 18.1 Å². The molecule has 5 N–H and O–H groups in total. The van der Waals surface area contributed by atoms with Gasteiger partial charge in [0.25, 0.3) is 0 Å². The van der Waals surface area contributed by atoms with Crippen molar-refractivity contribution in [2.45, 2.75) is 89.8 Å². The van der Waals surface area contributed by atoms with E-state index in [9.17, 15) is 24.0 Å². The van der Waals surface area contributed by atoms with Crippen LogP contribution in [-0.2, 0) is 24.0 Å². The van der Waals surface area contributed by atoms with Gasteiger partial charge in [0.15, 0.2) is 0 Å². The van der Waals surface area contributed by atoms with Crippen LogP contribution in [0.2, 0.25) is 0 Å². The van der Waals surface area contributed by atoms with Crippen LogP contribution in [0, 0.1) is 0 Å². The highest BCUT2D eigenvalue weighted by Crippen LogP contribution is 2.10.